The third kappa shape index (κ3) is 4.28. The summed E-state index contributed by atoms with van der Waals surface area (Å²) in [7, 11) is 0. The minimum absolute atomic E-state index is 0.0183. The van der Waals surface area contributed by atoms with Gasteiger partial charge in [-0.3, -0.25) is 4.79 Å². The molecular weight excluding hydrogens is 500 g/mol. The van der Waals surface area contributed by atoms with Gasteiger partial charge in [-0.25, -0.2) is 0 Å². The highest BCUT2D eigenvalue weighted by Gasteiger charge is 2.56. The van der Waals surface area contributed by atoms with Crippen LogP contribution in [0.25, 0.3) is 0 Å². The largest absolute Gasteiger partial charge is 0.376 e. The Balaban J connectivity index is 1.31. The van der Waals surface area contributed by atoms with E-state index in [-0.39, 0.29) is 11.3 Å². The zero-order valence-corrected chi connectivity index (χ0v) is 22.2. The second-order valence-electron chi connectivity index (χ2n) is 11.3. The molecule has 0 aromatic heterocycles. The van der Waals surface area contributed by atoms with Crippen LogP contribution >= 0.6 is 15.9 Å². The molecule has 1 amide bonds. The number of hydrogen-bond acceptors (Lipinski definition) is 2. The zero-order chi connectivity index (χ0) is 23.8. The van der Waals surface area contributed by atoms with Gasteiger partial charge >= 0.3 is 0 Å². The molecule has 35 heavy (non-hydrogen) atoms. The maximum Gasteiger partial charge on any atom is 0.232 e. The Bertz CT molecular complexity index is 1050. The summed E-state index contributed by atoms with van der Waals surface area (Å²) in [5, 5.41) is 2.36. The van der Waals surface area contributed by atoms with Crippen LogP contribution in [0.2, 0.25) is 0 Å². The van der Waals surface area contributed by atoms with E-state index in [4.69, 9.17) is 4.74 Å². The highest BCUT2D eigenvalue weighted by molar-refractivity contribution is 9.10. The number of halogens is 1. The molecule has 3 aliphatic heterocycles. The van der Waals surface area contributed by atoms with E-state index in [2.05, 4.69) is 74.7 Å². The predicted octanol–water partition coefficient (Wildman–Crippen LogP) is 4.77. The third-order valence-corrected chi connectivity index (χ3v) is 10.3. The Morgan fingerprint density at radius 1 is 1.03 bits per heavy atom. The zero-order valence-electron chi connectivity index (χ0n) is 20.6. The van der Waals surface area contributed by atoms with Crippen LogP contribution in [0.15, 0.2) is 53.0 Å². The molecule has 0 bridgehead atoms. The standard InChI is InChI=1S/C30H37BrN2O2/c31-27-13-7-12-25-24(27)18-35-20-30(25)19-32-17-26(30)29(34)33-15-14-23(21-8-3-1-4-9-21)16-28(33)22-10-5-2-6-11-22/h1,3-4,7-9,12-13,22-23,26,28,32H,2,5-6,10-11,14-20H2/p+1/t23-,26?,28+,30-/m1/s1. The van der Waals surface area contributed by atoms with Gasteiger partial charge < -0.3 is 15.0 Å². The van der Waals surface area contributed by atoms with E-state index in [1.807, 2.05) is 0 Å². The number of nitrogens with zero attached hydrogens (tertiary/aromatic N) is 1. The summed E-state index contributed by atoms with van der Waals surface area (Å²) in [5.74, 6) is 1.57. The van der Waals surface area contributed by atoms with Gasteiger partial charge in [-0.1, -0.05) is 77.7 Å². The summed E-state index contributed by atoms with van der Waals surface area (Å²) in [5.41, 5.74) is 3.80. The van der Waals surface area contributed by atoms with Crippen LogP contribution in [-0.2, 0) is 21.6 Å². The Morgan fingerprint density at radius 2 is 1.86 bits per heavy atom. The highest BCUT2D eigenvalue weighted by Crippen LogP contribution is 2.45. The van der Waals surface area contributed by atoms with Crippen LogP contribution < -0.4 is 5.32 Å². The third-order valence-electron chi connectivity index (χ3n) is 9.53. The molecule has 1 spiro atoms. The predicted molar refractivity (Wildman–Crippen MR) is 141 cm³/mol. The number of nitrogens with two attached hydrogens (primary N) is 1. The number of ether oxygens (including phenoxy) is 1. The molecule has 4 aliphatic rings. The van der Waals surface area contributed by atoms with Crippen LogP contribution in [0.3, 0.4) is 0 Å². The Kier molecular flexibility index (Phi) is 6.76. The molecule has 2 aromatic rings. The smallest absolute Gasteiger partial charge is 0.232 e. The first-order chi connectivity index (χ1) is 17.2. The van der Waals surface area contributed by atoms with Gasteiger partial charge in [0.2, 0.25) is 5.91 Å². The van der Waals surface area contributed by atoms with Gasteiger partial charge in [-0.2, -0.15) is 0 Å². The van der Waals surface area contributed by atoms with Crippen LogP contribution in [0.1, 0.15) is 67.6 Å². The normalized spacial score (nSPS) is 31.5. The first-order valence-electron chi connectivity index (χ1n) is 13.7. The Hall–Kier alpha value is -1.69. The van der Waals surface area contributed by atoms with Gasteiger partial charge in [0.1, 0.15) is 5.92 Å². The van der Waals surface area contributed by atoms with Crippen LogP contribution in [-0.4, -0.2) is 43.1 Å². The molecule has 4 atom stereocenters. The topological polar surface area (TPSA) is 46.1 Å². The summed E-state index contributed by atoms with van der Waals surface area (Å²) in [4.78, 5) is 16.9. The van der Waals surface area contributed by atoms with Crippen molar-refractivity contribution < 1.29 is 14.8 Å². The summed E-state index contributed by atoms with van der Waals surface area (Å²) in [6.07, 6.45) is 8.71. The maximum absolute atomic E-state index is 14.5. The number of rotatable bonds is 3. The molecule has 5 heteroatoms. The van der Waals surface area contributed by atoms with Crippen LogP contribution in [0.4, 0.5) is 0 Å². The number of quaternary nitrogens is 1. The number of hydrogen-bond donors (Lipinski definition) is 1. The van der Waals surface area contributed by atoms with E-state index in [9.17, 15) is 4.79 Å². The summed E-state index contributed by atoms with van der Waals surface area (Å²) < 4.78 is 7.29. The summed E-state index contributed by atoms with van der Waals surface area (Å²) in [6.45, 7) is 3.97. The van der Waals surface area contributed by atoms with Crippen LogP contribution in [0, 0.1) is 11.8 Å². The monoisotopic (exact) mass is 537 g/mol. The van der Waals surface area contributed by atoms with Crippen molar-refractivity contribution in [3.63, 3.8) is 0 Å². The fourth-order valence-electron chi connectivity index (χ4n) is 7.72. The van der Waals surface area contributed by atoms with Crippen molar-refractivity contribution in [3.05, 3.63) is 69.7 Å². The molecule has 1 unspecified atom stereocenters. The number of piperidine rings is 1. The SMILES string of the molecule is O=C(C1C[NH2+]C[C@]12COCc1c(Br)cccc12)N1CC[C@@H](c2ccccc2)C[C@H]1C1CCCCC1. The van der Waals surface area contributed by atoms with E-state index >= 15 is 0 Å². The van der Waals surface area contributed by atoms with E-state index in [1.165, 1.54) is 48.8 Å². The number of likely N-dealkylation sites (tertiary alicyclic amines) is 1. The molecule has 2 N–H and O–H groups in total. The van der Waals surface area contributed by atoms with E-state index in [0.29, 0.717) is 37.0 Å². The van der Waals surface area contributed by atoms with Crippen molar-refractivity contribution in [2.24, 2.45) is 11.8 Å². The van der Waals surface area contributed by atoms with Crippen molar-refractivity contribution in [1.29, 1.82) is 0 Å². The number of carbonyl (C=O) groups is 1. The molecular formula is C30H38BrN2O2+. The quantitative estimate of drug-likeness (QED) is 0.613. The van der Waals surface area contributed by atoms with Crippen molar-refractivity contribution in [3.8, 4) is 0 Å². The van der Waals surface area contributed by atoms with Gasteiger partial charge in [-0.15, -0.1) is 0 Å². The minimum atomic E-state index is -0.220. The average molecular weight is 539 g/mol. The molecule has 186 valence electrons. The first kappa shape index (κ1) is 23.7. The summed E-state index contributed by atoms with van der Waals surface area (Å²) >= 11 is 3.75. The summed E-state index contributed by atoms with van der Waals surface area (Å²) in [6, 6.07) is 17.9. The average Bonchev–Trinajstić information content (AvgIpc) is 3.33. The molecule has 3 fully saturated rings. The second kappa shape index (κ2) is 9.99. The number of carbonyl (C=O) groups excluding carboxylic acids is 1. The van der Waals surface area contributed by atoms with Gasteiger partial charge in [-0.05, 0) is 60.3 Å². The Morgan fingerprint density at radius 3 is 2.69 bits per heavy atom. The molecule has 6 rings (SSSR count). The lowest BCUT2D eigenvalue weighted by Crippen LogP contribution is -2.82. The van der Waals surface area contributed by atoms with Crippen LogP contribution in [0.5, 0.6) is 0 Å². The van der Waals surface area contributed by atoms with Crippen molar-refractivity contribution in [2.75, 3.05) is 26.2 Å². The van der Waals surface area contributed by atoms with Crippen molar-refractivity contribution in [1.82, 2.24) is 4.90 Å². The van der Waals surface area contributed by atoms with Crippen molar-refractivity contribution >= 4 is 21.8 Å². The highest BCUT2D eigenvalue weighted by atomic mass is 79.9. The second-order valence-corrected chi connectivity index (χ2v) is 12.2. The number of benzene rings is 2. The maximum atomic E-state index is 14.5. The van der Waals surface area contributed by atoms with Gasteiger partial charge in [0, 0.05) is 17.1 Å². The molecule has 4 nitrogen and oxygen atoms in total. The molecule has 1 saturated carbocycles. The first-order valence-corrected chi connectivity index (χ1v) is 14.5. The minimum Gasteiger partial charge on any atom is -0.376 e. The lowest BCUT2D eigenvalue weighted by Gasteiger charge is -2.47. The lowest BCUT2D eigenvalue weighted by atomic mass is 9.69. The fraction of sp³-hybridized carbons (Fsp3) is 0.567. The number of fused-ring (bicyclic) bond motifs is 2. The Labute approximate surface area is 217 Å². The van der Waals surface area contributed by atoms with Gasteiger partial charge in [0.05, 0.1) is 31.7 Å². The van der Waals surface area contributed by atoms with Gasteiger partial charge in [0.15, 0.2) is 0 Å². The fourth-order valence-corrected chi connectivity index (χ4v) is 8.20. The molecule has 3 heterocycles. The number of amides is 1. The van der Waals surface area contributed by atoms with Gasteiger partial charge in [0.25, 0.3) is 0 Å². The molecule has 0 radical (unpaired) electrons. The molecule has 2 aromatic carbocycles. The lowest BCUT2D eigenvalue weighted by molar-refractivity contribution is -0.640. The molecule has 1 aliphatic carbocycles. The van der Waals surface area contributed by atoms with E-state index in [0.717, 1.165) is 36.9 Å². The molecule has 2 saturated heterocycles. The van der Waals surface area contributed by atoms with E-state index in [1.54, 1.807) is 0 Å². The van der Waals surface area contributed by atoms with Crippen molar-refractivity contribution in [2.45, 2.75) is 68.9 Å². The van der Waals surface area contributed by atoms with E-state index < -0.39 is 0 Å².